The molecule has 0 bridgehead atoms. The van der Waals surface area contributed by atoms with E-state index in [1.54, 1.807) is 0 Å². The molecule has 0 aromatic rings. The van der Waals surface area contributed by atoms with E-state index in [4.69, 9.17) is 4.74 Å². The number of rotatable bonds is 4. The highest BCUT2D eigenvalue weighted by Crippen LogP contribution is 2.18. The van der Waals surface area contributed by atoms with E-state index in [2.05, 4.69) is 10.6 Å². The third kappa shape index (κ3) is 7.38. The number of hydrogen-bond donors (Lipinski definition) is 3. The second-order valence-electron chi connectivity index (χ2n) is 6.46. The first-order valence-corrected chi connectivity index (χ1v) is 7.17. The van der Waals surface area contributed by atoms with E-state index in [0.29, 0.717) is 12.6 Å². The van der Waals surface area contributed by atoms with Gasteiger partial charge >= 0.3 is 6.09 Å². The number of hydrogen-bond acceptors (Lipinski definition) is 4. The van der Waals surface area contributed by atoms with Gasteiger partial charge in [0.2, 0.25) is 0 Å². The van der Waals surface area contributed by atoms with Crippen LogP contribution in [0.5, 0.6) is 0 Å². The Kier molecular flexibility index (Phi) is 6.07. The zero-order valence-corrected chi connectivity index (χ0v) is 12.5. The minimum absolute atomic E-state index is 0.131. The number of alkyl carbamates (subject to hydrolysis) is 1. The average Bonchev–Trinajstić information content (AvgIpc) is 2.27. The molecule has 0 radical (unpaired) electrons. The molecule has 0 heterocycles. The van der Waals surface area contributed by atoms with Crippen LogP contribution in [-0.2, 0) is 4.74 Å². The summed E-state index contributed by atoms with van der Waals surface area (Å²) in [5, 5.41) is 15.7. The van der Waals surface area contributed by atoms with Crippen molar-refractivity contribution in [3.05, 3.63) is 0 Å². The highest BCUT2D eigenvalue weighted by atomic mass is 16.6. The van der Waals surface area contributed by atoms with Gasteiger partial charge in [-0.05, 0) is 53.4 Å². The van der Waals surface area contributed by atoms with Crippen molar-refractivity contribution in [2.45, 2.75) is 77.2 Å². The fourth-order valence-corrected chi connectivity index (χ4v) is 2.25. The molecule has 0 aromatic carbocycles. The summed E-state index contributed by atoms with van der Waals surface area (Å²) in [5.41, 5.74) is -0.458. The summed E-state index contributed by atoms with van der Waals surface area (Å²) in [6.45, 7) is 8.14. The van der Waals surface area contributed by atoms with Crippen molar-refractivity contribution in [1.29, 1.82) is 0 Å². The summed E-state index contributed by atoms with van der Waals surface area (Å²) in [6, 6.07) is 0.645. The van der Waals surface area contributed by atoms with Gasteiger partial charge in [0.25, 0.3) is 0 Å². The van der Waals surface area contributed by atoms with Crippen LogP contribution in [0.3, 0.4) is 0 Å². The lowest BCUT2D eigenvalue weighted by atomic mass is 9.93. The molecule has 0 spiro atoms. The maximum absolute atomic E-state index is 11.5. The number of carbonyl (C=O) groups excluding carboxylic acids is 1. The lowest BCUT2D eigenvalue weighted by Crippen LogP contribution is -2.46. The predicted octanol–water partition coefficient (Wildman–Crippen LogP) is 1.79. The van der Waals surface area contributed by atoms with Gasteiger partial charge in [0.15, 0.2) is 0 Å². The molecule has 3 N–H and O–H groups in total. The second-order valence-corrected chi connectivity index (χ2v) is 6.46. The molecule has 1 saturated carbocycles. The van der Waals surface area contributed by atoms with Gasteiger partial charge in [-0.2, -0.15) is 0 Å². The zero-order chi connectivity index (χ0) is 14.5. The lowest BCUT2D eigenvalue weighted by Gasteiger charge is -2.29. The van der Waals surface area contributed by atoms with Crippen LogP contribution in [0.15, 0.2) is 0 Å². The first-order chi connectivity index (χ1) is 8.76. The minimum atomic E-state index is -0.458. The molecule has 0 aliphatic heterocycles. The lowest BCUT2D eigenvalue weighted by molar-refractivity contribution is 0.0521. The summed E-state index contributed by atoms with van der Waals surface area (Å²) in [6.07, 6.45) is 3.22. The number of aliphatic hydroxyl groups excluding tert-OH is 1. The number of ether oxygens (including phenoxy) is 1. The number of nitrogens with one attached hydrogen (secondary N) is 2. The van der Waals surface area contributed by atoms with Crippen molar-refractivity contribution >= 4 is 6.09 Å². The number of carbonyl (C=O) groups is 1. The maximum Gasteiger partial charge on any atom is 0.407 e. The molecule has 5 heteroatoms. The Bertz CT molecular complexity index is 281. The fourth-order valence-electron chi connectivity index (χ4n) is 2.25. The van der Waals surface area contributed by atoms with Gasteiger partial charge in [-0.15, -0.1) is 0 Å². The molecular formula is C14H28N2O3. The first kappa shape index (κ1) is 16.2. The van der Waals surface area contributed by atoms with E-state index in [-0.39, 0.29) is 18.2 Å². The van der Waals surface area contributed by atoms with Gasteiger partial charge in [-0.1, -0.05) is 0 Å². The van der Waals surface area contributed by atoms with E-state index in [9.17, 15) is 9.90 Å². The van der Waals surface area contributed by atoms with E-state index in [0.717, 1.165) is 25.7 Å². The largest absolute Gasteiger partial charge is 0.444 e. The van der Waals surface area contributed by atoms with Crippen LogP contribution in [0.25, 0.3) is 0 Å². The predicted molar refractivity (Wildman–Crippen MR) is 75.1 cm³/mol. The highest BCUT2D eigenvalue weighted by Gasteiger charge is 2.21. The highest BCUT2D eigenvalue weighted by molar-refractivity contribution is 5.67. The minimum Gasteiger partial charge on any atom is -0.444 e. The molecule has 0 aromatic heterocycles. The van der Waals surface area contributed by atoms with Crippen LogP contribution >= 0.6 is 0 Å². The molecule has 1 aliphatic carbocycles. The third-order valence-corrected chi connectivity index (χ3v) is 3.17. The Morgan fingerprint density at radius 3 is 2.42 bits per heavy atom. The Morgan fingerprint density at radius 2 is 1.89 bits per heavy atom. The number of amides is 1. The topological polar surface area (TPSA) is 70.6 Å². The Balaban J connectivity index is 2.17. The molecule has 112 valence electrons. The van der Waals surface area contributed by atoms with Crippen molar-refractivity contribution in [2.24, 2.45) is 0 Å². The zero-order valence-electron chi connectivity index (χ0n) is 12.5. The van der Waals surface area contributed by atoms with Gasteiger partial charge < -0.3 is 20.5 Å². The van der Waals surface area contributed by atoms with Crippen molar-refractivity contribution in [3.8, 4) is 0 Å². The SMILES string of the molecule is CC(CNC(=O)OC(C)(C)C)NC1CCC(O)CC1. The summed E-state index contributed by atoms with van der Waals surface area (Å²) in [7, 11) is 0. The van der Waals surface area contributed by atoms with Gasteiger partial charge in [0.05, 0.1) is 6.10 Å². The molecule has 1 amide bonds. The van der Waals surface area contributed by atoms with E-state index in [1.165, 1.54) is 0 Å². The van der Waals surface area contributed by atoms with Gasteiger partial charge in [-0.25, -0.2) is 4.79 Å². The van der Waals surface area contributed by atoms with Crippen LogP contribution in [0.4, 0.5) is 4.79 Å². The first-order valence-electron chi connectivity index (χ1n) is 7.17. The summed E-state index contributed by atoms with van der Waals surface area (Å²) in [5.74, 6) is 0. The van der Waals surface area contributed by atoms with E-state index in [1.807, 2.05) is 27.7 Å². The molecule has 1 unspecified atom stereocenters. The third-order valence-electron chi connectivity index (χ3n) is 3.17. The fraction of sp³-hybridized carbons (Fsp3) is 0.929. The Labute approximate surface area is 116 Å². The number of aliphatic hydroxyl groups is 1. The maximum atomic E-state index is 11.5. The van der Waals surface area contributed by atoms with Crippen molar-refractivity contribution in [3.63, 3.8) is 0 Å². The summed E-state index contributed by atoms with van der Waals surface area (Å²) < 4.78 is 5.18. The van der Waals surface area contributed by atoms with Crippen LogP contribution in [0, 0.1) is 0 Å². The van der Waals surface area contributed by atoms with Crippen molar-refractivity contribution < 1.29 is 14.6 Å². The molecule has 1 atom stereocenters. The van der Waals surface area contributed by atoms with Crippen molar-refractivity contribution in [1.82, 2.24) is 10.6 Å². The smallest absolute Gasteiger partial charge is 0.407 e. The van der Waals surface area contributed by atoms with Crippen LogP contribution in [0.2, 0.25) is 0 Å². The second kappa shape index (κ2) is 7.10. The molecule has 1 rings (SSSR count). The Hall–Kier alpha value is -0.810. The standard InChI is InChI=1S/C14H28N2O3/c1-10(9-15-13(18)19-14(2,3)4)16-11-5-7-12(17)8-6-11/h10-12,16-17H,5-9H2,1-4H3,(H,15,18). The average molecular weight is 272 g/mol. The summed E-state index contributed by atoms with van der Waals surface area (Å²) >= 11 is 0. The van der Waals surface area contributed by atoms with Crippen LogP contribution in [-0.4, -0.2) is 41.5 Å². The van der Waals surface area contributed by atoms with E-state index >= 15 is 0 Å². The molecule has 19 heavy (non-hydrogen) atoms. The summed E-state index contributed by atoms with van der Waals surface area (Å²) in [4.78, 5) is 11.5. The van der Waals surface area contributed by atoms with Crippen LogP contribution < -0.4 is 10.6 Å². The van der Waals surface area contributed by atoms with E-state index < -0.39 is 5.60 Å². The molecule has 1 aliphatic rings. The quantitative estimate of drug-likeness (QED) is 0.730. The normalized spacial score (nSPS) is 25.7. The van der Waals surface area contributed by atoms with Crippen molar-refractivity contribution in [2.75, 3.05) is 6.54 Å². The molecule has 0 saturated heterocycles. The molecular weight excluding hydrogens is 244 g/mol. The van der Waals surface area contributed by atoms with Gasteiger partial charge in [0.1, 0.15) is 5.60 Å². The Morgan fingerprint density at radius 1 is 1.32 bits per heavy atom. The molecule has 5 nitrogen and oxygen atoms in total. The van der Waals surface area contributed by atoms with Gasteiger partial charge in [-0.3, -0.25) is 0 Å². The molecule has 1 fully saturated rings. The van der Waals surface area contributed by atoms with Crippen LogP contribution in [0.1, 0.15) is 53.4 Å². The monoisotopic (exact) mass is 272 g/mol. The van der Waals surface area contributed by atoms with Gasteiger partial charge in [0, 0.05) is 18.6 Å².